The summed E-state index contributed by atoms with van der Waals surface area (Å²) >= 11 is 4.88. The van der Waals surface area contributed by atoms with Gasteiger partial charge in [-0.25, -0.2) is 0 Å². The number of carbonyl (C=O) groups is 1. The summed E-state index contributed by atoms with van der Waals surface area (Å²) in [6.45, 7) is 2.86. The van der Waals surface area contributed by atoms with E-state index in [2.05, 4.69) is 68.6 Å². The predicted molar refractivity (Wildman–Crippen MR) is 107 cm³/mol. The van der Waals surface area contributed by atoms with E-state index in [0.29, 0.717) is 0 Å². The lowest BCUT2D eigenvalue weighted by atomic mass is 10.1. The van der Waals surface area contributed by atoms with Gasteiger partial charge in [0.25, 0.3) is 5.91 Å². The molecule has 1 aromatic heterocycles. The fourth-order valence-corrected chi connectivity index (χ4v) is 4.67. The highest BCUT2D eigenvalue weighted by Crippen LogP contribution is 2.23. The van der Waals surface area contributed by atoms with Gasteiger partial charge in [-0.2, -0.15) is 0 Å². The Hall–Kier alpha value is -1.69. The van der Waals surface area contributed by atoms with Gasteiger partial charge in [0.2, 0.25) is 0 Å². The second-order valence-electron chi connectivity index (χ2n) is 6.48. The number of nitrogens with one attached hydrogen (secondary N) is 1. The predicted octanol–water partition coefficient (Wildman–Crippen LogP) is 4.67. The number of amides is 1. The lowest BCUT2D eigenvalue weighted by Gasteiger charge is -2.17. The topological polar surface area (TPSA) is 32.3 Å². The van der Waals surface area contributed by atoms with Crippen molar-refractivity contribution < 1.29 is 4.79 Å². The van der Waals surface area contributed by atoms with Crippen molar-refractivity contribution in [1.29, 1.82) is 0 Å². The van der Waals surface area contributed by atoms with Crippen LogP contribution >= 0.6 is 27.3 Å². The van der Waals surface area contributed by atoms with Crippen molar-refractivity contribution in [2.45, 2.75) is 19.0 Å². The van der Waals surface area contributed by atoms with E-state index in [4.69, 9.17) is 0 Å². The van der Waals surface area contributed by atoms with Crippen molar-refractivity contribution >= 4 is 43.9 Å². The Kier molecular flexibility index (Phi) is 4.88. The standard InChI is InChI=1S/C20H19BrN2OS/c21-19-8-7-18(25-19)20(24)22-17-9-10-23(13-17)12-14-5-6-15-3-1-2-4-16(15)11-14/h1-8,11,17H,9-10,12-13H2,(H,22,24)/t17-/m1/s1. The van der Waals surface area contributed by atoms with E-state index in [1.165, 1.54) is 27.7 Å². The summed E-state index contributed by atoms with van der Waals surface area (Å²) in [4.78, 5) is 15.5. The molecule has 1 fully saturated rings. The molecule has 4 rings (SSSR count). The van der Waals surface area contributed by atoms with Crippen LogP contribution in [0.2, 0.25) is 0 Å². The lowest BCUT2D eigenvalue weighted by molar-refractivity contribution is 0.0942. The number of nitrogens with zero attached hydrogens (tertiary/aromatic N) is 1. The molecule has 0 unspecified atom stereocenters. The maximum atomic E-state index is 12.3. The van der Waals surface area contributed by atoms with Crippen LogP contribution in [0.15, 0.2) is 58.4 Å². The van der Waals surface area contributed by atoms with Crippen molar-refractivity contribution in [3.05, 3.63) is 68.8 Å². The van der Waals surface area contributed by atoms with Crippen molar-refractivity contribution in [1.82, 2.24) is 10.2 Å². The maximum Gasteiger partial charge on any atom is 0.261 e. The molecule has 0 saturated carbocycles. The fourth-order valence-electron chi connectivity index (χ4n) is 3.38. The first kappa shape index (κ1) is 16.8. The van der Waals surface area contributed by atoms with Gasteiger partial charge in [0.15, 0.2) is 0 Å². The Morgan fingerprint density at radius 2 is 2.00 bits per heavy atom. The molecule has 2 heterocycles. The molecule has 0 radical (unpaired) electrons. The summed E-state index contributed by atoms with van der Waals surface area (Å²) in [5.74, 6) is 0.0354. The zero-order valence-corrected chi connectivity index (χ0v) is 16.1. The van der Waals surface area contributed by atoms with Gasteiger partial charge in [-0.1, -0.05) is 36.4 Å². The molecular formula is C20H19BrN2OS. The number of fused-ring (bicyclic) bond motifs is 1. The van der Waals surface area contributed by atoms with Crippen LogP contribution in [0.25, 0.3) is 10.8 Å². The summed E-state index contributed by atoms with van der Waals surface area (Å²) in [7, 11) is 0. The van der Waals surface area contributed by atoms with Gasteiger partial charge in [0, 0.05) is 25.7 Å². The van der Waals surface area contributed by atoms with Crippen molar-refractivity contribution in [2.24, 2.45) is 0 Å². The molecule has 128 valence electrons. The maximum absolute atomic E-state index is 12.3. The first-order chi connectivity index (χ1) is 12.2. The highest BCUT2D eigenvalue weighted by Gasteiger charge is 2.24. The molecule has 1 aliphatic rings. The average Bonchev–Trinajstić information content (AvgIpc) is 3.24. The number of benzene rings is 2. The van der Waals surface area contributed by atoms with Crippen LogP contribution in [0, 0.1) is 0 Å². The van der Waals surface area contributed by atoms with Crippen molar-refractivity contribution in [3.8, 4) is 0 Å². The second-order valence-corrected chi connectivity index (χ2v) is 8.94. The molecule has 0 spiro atoms. The summed E-state index contributed by atoms with van der Waals surface area (Å²) in [6.07, 6.45) is 1.01. The lowest BCUT2D eigenvalue weighted by Crippen LogP contribution is -2.36. The molecule has 0 aliphatic carbocycles. The van der Waals surface area contributed by atoms with Crippen LogP contribution in [0.3, 0.4) is 0 Å². The third kappa shape index (κ3) is 3.94. The molecule has 1 aliphatic heterocycles. The summed E-state index contributed by atoms with van der Waals surface area (Å²) in [6, 6.07) is 19.1. The molecule has 5 heteroatoms. The molecule has 3 aromatic rings. The molecule has 0 bridgehead atoms. The number of carbonyl (C=O) groups excluding carboxylic acids is 1. The van der Waals surface area contributed by atoms with Crippen LogP contribution in [-0.2, 0) is 6.54 Å². The zero-order chi connectivity index (χ0) is 17.2. The van der Waals surface area contributed by atoms with Crippen LogP contribution < -0.4 is 5.32 Å². The van der Waals surface area contributed by atoms with E-state index in [1.54, 1.807) is 0 Å². The van der Waals surface area contributed by atoms with Gasteiger partial charge >= 0.3 is 0 Å². The molecule has 1 amide bonds. The van der Waals surface area contributed by atoms with Gasteiger partial charge in [-0.15, -0.1) is 11.3 Å². The van der Waals surface area contributed by atoms with Crippen LogP contribution in [0.5, 0.6) is 0 Å². The number of hydrogen-bond donors (Lipinski definition) is 1. The zero-order valence-electron chi connectivity index (χ0n) is 13.7. The summed E-state index contributed by atoms with van der Waals surface area (Å²) in [5.41, 5.74) is 1.33. The van der Waals surface area contributed by atoms with Crippen molar-refractivity contribution in [3.63, 3.8) is 0 Å². The Morgan fingerprint density at radius 1 is 1.16 bits per heavy atom. The Bertz CT molecular complexity index is 907. The number of hydrogen-bond acceptors (Lipinski definition) is 3. The summed E-state index contributed by atoms with van der Waals surface area (Å²) in [5, 5.41) is 5.73. The minimum Gasteiger partial charge on any atom is -0.347 e. The number of thiophene rings is 1. The highest BCUT2D eigenvalue weighted by molar-refractivity contribution is 9.11. The van der Waals surface area contributed by atoms with Gasteiger partial charge < -0.3 is 5.32 Å². The number of rotatable bonds is 4. The smallest absolute Gasteiger partial charge is 0.261 e. The normalized spacial score (nSPS) is 17.9. The van der Waals surface area contributed by atoms with E-state index in [0.717, 1.165) is 34.7 Å². The molecule has 3 nitrogen and oxygen atoms in total. The van der Waals surface area contributed by atoms with Crippen LogP contribution in [-0.4, -0.2) is 29.9 Å². The first-order valence-corrected chi connectivity index (χ1v) is 10.0. The Morgan fingerprint density at radius 3 is 2.80 bits per heavy atom. The van der Waals surface area contributed by atoms with Crippen LogP contribution in [0.1, 0.15) is 21.7 Å². The van der Waals surface area contributed by atoms with E-state index < -0.39 is 0 Å². The van der Waals surface area contributed by atoms with Crippen LogP contribution in [0.4, 0.5) is 0 Å². The third-order valence-corrected chi connectivity index (χ3v) is 6.25. The van der Waals surface area contributed by atoms with Gasteiger partial charge in [0.1, 0.15) is 0 Å². The van der Waals surface area contributed by atoms with E-state index in [1.807, 2.05) is 12.1 Å². The second kappa shape index (κ2) is 7.28. The quantitative estimate of drug-likeness (QED) is 0.672. The van der Waals surface area contributed by atoms with Gasteiger partial charge in [0.05, 0.1) is 8.66 Å². The van der Waals surface area contributed by atoms with E-state index in [9.17, 15) is 4.79 Å². The third-order valence-electron chi connectivity index (χ3n) is 4.62. The summed E-state index contributed by atoms with van der Waals surface area (Å²) < 4.78 is 0.988. The average molecular weight is 415 g/mol. The van der Waals surface area contributed by atoms with E-state index >= 15 is 0 Å². The van der Waals surface area contributed by atoms with Gasteiger partial charge in [-0.05, 0) is 56.9 Å². The van der Waals surface area contributed by atoms with Gasteiger partial charge in [-0.3, -0.25) is 9.69 Å². The number of halogens is 1. The monoisotopic (exact) mass is 414 g/mol. The van der Waals surface area contributed by atoms with Crippen molar-refractivity contribution in [2.75, 3.05) is 13.1 Å². The Balaban J connectivity index is 1.36. The molecule has 1 atom stereocenters. The molecule has 1 N–H and O–H groups in total. The molecule has 1 saturated heterocycles. The molecule has 25 heavy (non-hydrogen) atoms. The highest BCUT2D eigenvalue weighted by atomic mass is 79.9. The minimum absolute atomic E-state index is 0.0354. The Labute approximate surface area is 159 Å². The molecule has 2 aromatic carbocycles. The first-order valence-electron chi connectivity index (χ1n) is 8.43. The fraction of sp³-hybridized carbons (Fsp3) is 0.250. The number of likely N-dealkylation sites (tertiary alicyclic amines) is 1. The SMILES string of the molecule is O=C(N[C@@H]1CCN(Cc2ccc3ccccc3c2)C1)c1ccc(Br)s1. The van der Waals surface area contributed by atoms with E-state index in [-0.39, 0.29) is 11.9 Å². The minimum atomic E-state index is 0.0354. The largest absolute Gasteiger partial charge is 0.347 e. The molecular weight excluding hydrogens is 396 g/mol.